The summed E-state index contributed by atoms with van der Waals surface area (Å²) < 4.78 is 0. The quantitative estimate of drug-likeness (QED) is 0.153. The summed E-state index contributed by atoms with van der Waals surface area (Å²) >= 11 is 0. The van der Waals surface area contributed by atoms with E-state index in [9.17, 15) is 36.4 Å². The maximum absolute atomic E-state index is 10.0. The minimum atomic E-state index is -1.87. The average Bonchev–Trinajstić information content (AvgIpc) is 3.65. The van der Waals surface area contributed by atoms with Crippen LogP contribution >= 0.6 is 0 Å². The number of rotatable bonds is 8. The first kappa shape index (κ1) is 37.1. The van der Waals surface area contributed by atoms with Crippen molar-refractivity contribution in [3.63, 3.8) is 0 Å². The Bertz CT molecular complexity index is 1080. The Kier molecular flexibility index (Phi) is 12.0. The largest absolute Gasteiger partial charge is 2.00 e. The van der Waals surface area contributed by atoms with E-state index in [2.05, 4.69) is 31.7 Å². The van der Waals surface area contributed by atoms with Crippen molar-refractivity contribution in [2.24, 2.45) is 20.0 Å². The topological polar surface area (TPSA) is 195 Å². The van der Waals surface area contributed by atoms with E-state index in [4.69, 9.17) is 0 Å². The molecule has 5 N–H and O–H groups in total. The number of aliphatic hydroxyl groups is 5. The summed E-state index contributed by atoms with van der Waals surface area (Å²) in [5.74, 6) is 2.50. The van der Waals surface area contributed by atoms with Gasteiger partial charge >= 0.3 is 17.1 Å². The third-order valence-electron chi connectivity index (χ3n) is 8.32. The first-order valence-corrected chi connectivity index (χ1v) is 14.7. The van der Waals surface area contributed by atoms with Crippen molar-refractivity contribution in [3.05, 3.63) is 22.0 Å². The van der Waals surface area contributed by atoms with Crippen LogP contribution in [0.5, 0.6) is 0 Å². The van der Waals surface area contributed by atoms with Crippen LogP contribution in [0.4, 0.5) is 0 Å². The van der Waals surface area contributed by atoms with E-state index in [1.807, 2.05) is 0 Å². The Morgan fingerprint density at radius 3 is 0.930 bits per heavy atom. The Balaban J connectivity index is 0.000000293. The van der Waals surface area contributed by atoms with E-state index >= 15 is 0 Å². The Morgan fingerprint density at radius 2 is 0.767 bits per heavy atom. The second-order valence-electron chi connectivity index (χ2n) is 13.5. The molecule has 0 bridgehead atoms. The van der Waals surface area contributed by atoms with Crippen LogP contribution in [0.15, 0.2) is 31.1 Å². The van der Waals surface area contributed by atoms with Gasteiger partial charge in [0.05, 0.1) is 57.8 Å². The minimum absolute atomic E-state index is 0. The van der Waals surface area contributed by atoms with Gasteiger partial charge in [-0.15, -0.1) is 0 Å². The molecule has 0 saturated carbocycles. The first-order valence-electron chi connectivity index (χ1n) is 14.7. The van der Waals surface area contributed by atoms with Crippen LogP contribution in [0.25, 0.3) is 10.8 Å². The number of hydrogen-bond acceptors (Lipinski definition) is 9. The maximum Gasteiger partial charge on any atom is 2.00 e. The molecule has 4 atom stereocenters. The van der Waals surface area contributed by atoms with Gasteiger partial charge in [0.25, 0.3) is 0 Å². The Morgan fingerprint density at radius 1 is 0.535 bits per heavy atom. The Labute approximate surface area is 265 Å². The van der Waals surface area contributed by atoms with Crippen LogP contribution in [-0.2, 0) is 17.1 Å². The molecule has 0 saturated heterocycles. The van der Waals surface area contributed by atoms with Gasteiger partial charge in [-0.25, -0.2) is 0 Å². The molecule has 12 heteroatoms. The van der Waals surface area contributed by atoms with Crippen molar-refractivity contribution < 1.29 is 42.6 Å². The number of hydrogen-bond donors (Lipinski definition) is 5. The molecule has 0 aromatic heterocycles. The second-order valence-corrected chi connectivity index (χ2v) is 13.5. The molecule has 4 rings (SSSR count). The summed E-state index contributed by atoms with van der Waals surface area (Å²) in [4.78, 5) is 17.8. The molecule has 4 heterocycles. The predicted molar refractivity (Wildman–Crippen MR) is 167 cm³/mol. The minimum Gasteiger partial charge on any atom is -0.763 e. The molecule has 0 aliphatic carbocycles. The van der Waals surface area contributed by atoms with Crippen molar-refractivity contribution in [1.82, 2.24) is 0 Å². The fourth-order valence-electron chi connectivity index (χ4n) is 5.64. The summed E-state index contributed by atoms with van der Waals surface area (Å²) in [6, 6.07) is -1.15. The van der Waals surface area contributed by atoms with Gasteiger partial charge in [0.15, 0.2) is 5.79 Å². The summed E-state index contributed by atoms with van der Waals surface area (Å²) in [7, 11) is 0. The van der Waals surface area contributed by atoms with Gasteiger partial charge in [-0.1, -0.05) is 0 Å². The summed E-state index contributed by atoms with van der Waals surface area (Å²) in [6.45, 7) is 11.7. The molecule has 43 heavy (non-hydrogen) atoms. The van der Waals surface area contributed by atoms with Crippen molar-refractivity contribution in [2.75, 3.05) is 0 Å². The van der Waals surface area contributed by atoms with Crippen molar-refractivity contribution in [1.29, 1.82) is 0 Å². The van der Waals surface area contributed by atoms with Gasteiger partial charge in [-0.3, -0.25) is 31.7 Å². The molecule has 0 spiro atoms. The molecule has 4 aliphatic rings. The summed E-state index contributed by atoms with van der Waals surface area (Å²) in [5.41, 5.74) is 1.08. The van der Waals surface area contributed by atoms with Gasteiger partial charge in [0.2, 0.25) is 0 Å². The maximum atomic E-state index is 10.0. The zero-order valence-electron chi connectivity index (χ0n) is 26.2. The number of allylic oxidation sites excluding steroid dienone is 2. The van der Waals surface area contributed by atoms with Crippen LogP contribution < -0.4 is 0 Å². The fourth-order valence-corrected chi connectivity index (χ4v) is 5.64. The van der Waals surface area contributed by atoms with Crippen LogP contribution in [0.2, 0.25) is 0 Å². The molecule has 4 aliphatic heterocycles. The second kappa shape index (κ2) is 13.9. The van der Waals surface area contributed by atoms with Gasteiger partial charge in [0.1, 0.15) is 6.04 Å². The first-order chi connectivity index (χ1) is 19.3. The third kappa shape index (κ3) is 9.44. The molecular weight excluding hydrogens is 600 g/mol. The van der Waals surface area contributed by atoms with E-state index in [0.717, 1.165) is 24.3 Å². The van der Waals surface area contributed by atoms with Crippen molar-refractivity contribution in [3.8, 4) is 0 Å². The molecular formula is C31H46CuN6O5. The smallest absolute Gasteiger partial charge is 0.763 e. The molecule has 11 nitrogen and oxygen atoms in total. The average molecular weight is 646 g/mol. The molecule has 0 aromatic carbocycles. The van der Waals surface area contributed by atoms with Crippen LogP contribution in [0.1, 0.15) is 99.8 Å². The standard InChI is InChI=1S/C16H24N3O2.C15H22N3O3.Cu/c1-15(2,20)13-7-5-11(18-13)10(9-17)12-6-8-14(19-12)16(3,4)21;1-14(2,19)12-6-4-10(17-12)9(8-16)11-5-7-13(18-11)15(3,20)21;/h13-14,20-21H,5-8H2,1-4H3;12-13,19-21H,4-7H2,1-3H3;/q2*-1;+2/t13-,14-;12-,13-;/m00./s1. The van der Waals surface area contributed by atoms with Gasteiger partial charge in [-0.2, -0.15) is 0 Å². The zero-order chi connectivity index (χ0) is 31.7. The predicted octanol–water partition coefficient (Wildman–Crippen LogP) is 2.73. The number of nitrogens with zero attached hydrogens (tertiary/aromatic N) is 6. The van der Waals surface area contributed by atoms with Gasteiger partial charge in [-0.05, 0) is 99.8 Å². The molecule has 0 amide bonds. The normalized spacial score (nSPS) is 25.8. The van der Waals surface area contributed by atoms with E-state index in [1.54, 1.807) is 41.5 Å². The SMILES string of the molecule is CC(C)(O)[C@@H]1CCC(C(=C=[N-])C2=N[C@H](C(C)(C)O)CC2)=N1.CC(C)(O)[C@@H]1CCC(C(=C=[N-])C2=N[C@H](C(C)(O)O)CC2)=N1.[Cu+2]. The molecule has 1 radical (unpaired) electrons. The fraction of sp³-hybridized carbons (Fsp3) is 0.742. The number of aliphatic imine (C=N–C) groups is 4. The van der Waals surface area contributed by atoms with Crippen LogP contribution in [0, 0.1) is 0 Å². The van der Waals surface area contributed by atoms with Gasteiger partial charge in [0, 0.05) is 11.1 Å². The van der Waals surface area contributed by atoms with E-state index in [1.165, 1.54) is 6.92 Å². The molecule has 241 valence electrons. The molecule has 0 fully saturated rings. The third-order valence-corrected chi connectivity index (χ3v) is 8.32. The van der Waals surface area contributed by atoms with E-state index in [-0.39, 0.29) is 35.2 Å². The zero-order valence-corrected chi connectivity index (χ0v) is 27.1. The van der Waals surface area contributed by atoms with E-state index < -0.39 is 28.6 Å². The monoisotopic (exact) mass is 645 g/mol. The Hall–Kier alpha value is -2.10. The molecule has 0 unspecified atom stereocenters. The van der Waals surface area contributed by atoms with Crippen molar-refractivity contribution in [2.45, 2.75) is 147 Å². The molecule has 0 aromatic rings. The van der Waals surface area contributed by atoms with E-state index in [0.29, 0.717) is 61.1 Å². The van der Waals surface area contributed by atoms with Crippen LogP contribution in [-0.4, -0.2) is 107 Å². The van der Waals surface area contributed by atoms with Crippen molar-refractivity contribution >= 4 is 34.6 Å². The summed E-state index contributed by atoms with van der Waals surface area (Å²) in [5, 5.41) is 68.1. The van der Waals surface area contributed by atoms with Crippen LogP contribution in [0.3, 0.4) is 0 Å². The summed E-state index contributed by atoms with van der Waals surface area (Å²) in [6.07, 6.45) is 5.30. The van der Waals surface area contributed by atoms with Gasteiger partial charge < -0.3 is 36.4 Å².